The Morgan fingerprint density at radius 3 is 2.13 bits per heavy atom. The second kappa shape index (κ2) is 7.15. The van der Waals surface area contributed by atoms with E-state index in [1.54, 1.807) is 0 Å². The largest absolute Gasteiger partial charge is 0.350 e. The van der Waals surface area contributed by atoms with Crippen LogP contribution in [0.3, 0.4) is 0 Å². The third-order valence-electron chi connectivity index (χ3n) is 4.09. The van der Waals surface area contributed by atoms with Gasteiger partial charge in [-0.3, -0.25) is 0 Å². The molecule has 2 heterocycles. The quantitative estimate of drug-likeness (QED) is 0.715. The molecule has 1 aromatic carbocycles. The van der Waals surface area contributed by atoms with Crippen LogP contribution in [0.4, 0.5) is 0 Å². The fourth-order valence-corrected chi connectivity index (χ4v) is 6.30. The summed E-state index contributed by atoms with van der Waals surface area (Å²) in [6, 6.07) is 3.07. The molecule has 0 atom stereocenters. The van der Waals surface area contributed by atoms with E-state index >= 15 is 0 Å². The molecule has 9 heteroatoms. The fraction of sp³-hybridized carbons (Fsp3) is 0.571. The van der Waals surface area contributed by atoms with Crippen LogP contribution in [-0.2, 0) is 19.5 Å². The zero-order chi connectivity index (χ0) is 16.6. The number of benzene rings is 1. The van der Waals surface area contributed by atoms with Crippen molar-refractivity contribution >= 4 is 49.2 Å². The Morgan fingerprint density at radius 1 is 1.09 bits per heavy atom. The van der Waals surface area contributed by atoms with E-state index in [0.29, 0.717) is 43.6 Å². The number of hydrogen-bond donors (Lipinski definition) is 0. The van der Waals surface area contributed by atoms with Gasteiger partial charge in [0.15, 0.2) is 6.29 Å². The van der Waals surface area contributed by atoms with Crippen LogP contribution in [0.5, 0.6) is 0 Å². The van der Waals surface area contributed by atoms with Crippen LogP contribution in [0.2, 0.25) is 10.0 Å². The predicted octanol–water partition coefficient (Wildman–Crippen LogP) is 3.53. The summed E-state index contributed by atoms with van der Waals surface area (Å²) in [6.45, 7) is 2.01. The molecule has 3 rings (SSSR count). The molecule has 0 radical (unpaired) electrons. The molecule has 0 amide bonds. The minimum Gasteiger partial charge on any atom is -0.350 e. The van der Waals surface area contributed by atoms with Gasteiger partial charge in [0.25, 0.3) is 0 Å². The van der Waals surface area contributed by atoms with Gasteiger partial charge in [0, 0.05) is 23.5 Å². The Kier molecular flexibility index (Phi) is 5.57. The molecule has 2 fully saturated rings. The van der Waals surface area contributed by atoms with Crippen molar-refractivity contribution in [3.63, 3.8) is 0 Å². The lowest BCUT2D eigenvalue weighted by Crippen LogP contribution is -2.41. The highest BCUT2D eigenvalue weighted by Crippen LogP contribution is 2.36. The van der Waals surface area contributed by atoms with E-state index in [9.17, 15) is 8.42 Å². The van der Waals surface area contributed by atoms with Gasteiger partial charge in [-0.25, -0.2) is 8.42 Å². The standard InChI is InChI=1S/C14H16BrCl2NO4S/c15-10-7-11(16)13(12(17)8-10)23(19,20)18-3-1-9(2-4-18)14-21-5-6-22-14/h7-9,14H,1-6H2. The number of nitrogens with zero attached hydrogens (tertiary/aromatic N) is 1. The molecule has 0 spiro atoms. The number of halogens is 3. The maximum absolute atomic E-state index is 12.8. The molecule has 0 saturated carbocycles. The normalized spacial score (nSPS) is 21.9. The molecule has 23 heavy (non-hydrogen) atoms. The minimum absolute atomic E-state index is 0.0316. The van der Waals surface area contributed by atoms with E-state index in [0.717, 1.165) is 0 Å². The third-order valence-corrected chi connectivity index (χ3v) is 7.37. The van der Waals surface area contributed by atoms with Crippen LogP contribution in [0.25, 0.3) is 0 Å². The van der Waals surface area contributed by atoms with Crippen molar-refractivity contribution < 1.29 is 17.9 Å². The van der Waals surface area contributed by atoms with Crippen molar-refractivity contribution in [2.75, 3.05) is 26.3 Å². The summed E-state index contributed by atoms with van der Waals surface area (Å²) in [5, 5.41) is 0.239. The first-order chi connectivity index (χ1) is 10.9. The Bertz CT molecular complexity index is 663. The number of piperidine rings is 1. The van der Waals surface area contributed by atoms with Gasteiger partial charge in [-0.05, 0) is 25.0 Å². The molecule has 0 aliphatic carbocycles. The van der Waals surface area contributed by atoms with Gasteiger partial charge >= 0.3 is 0 Å². The number of rotatable bonds is 3. The average molecular weight is 445 g/mol. The van der Waals surface area contributed by atoms with Crippen molar-refractivity contribution in [1.29, 1.82) is 0 Å². The molecule has 128 valence electrons. The first-order valence-electron chi connectivity index (χ1n) is 7.27. The second-order valence-corrected chi connectivity index (χ2v) is 9.15. The molecular weight excluding hydrogens is 429 g/mol. The smallest absolute Gasteiger partial charge is 0.246 e. The third kappa shape index (κ3) is 3.71. The zero-order valence-electron chi connectivity index (χ0n) is 12.2. The maximum Gasteiger partial charge on any atom is 0.246 e. The first-order valence-corrected chi connectivity index (χ1v) is 10.3. The van der Waals surface area contributed by atoms with Gasteiger partial charge in [-0.15, -0.1) is 0 Å². The second-order valence-electron chi connectivity index (χ2n) is 5.55. The summed E-state index contributed by atoms with van der Waals surface area (Å²) in [5.41, 5.74) is 0. The zero-order valence-corrected chi connectivity index (χ0v) is 16.1. The Balaban J connectivity index is 1.77. The van der Waals surface area contributed by atoms with Crippen LogP contribution in [0, 0.1) is 5.92 Å². The summed E-state index contributed by atoms with van der Waals surface area (Å²) in [6.07, 6.45) is 1.17. The SMILES string of the molecule is O=S(=O)(c1c(Cl)cc(Br)cc1Cl)N1CCC(C2OCCO2)CC1. The van der Waals surface area contributed by atoms with E-state index in [2.05, 4.69) is 15.9 Å². The molecule has 2 aliphatic heterocycles. The van der Waals surface area contributed by atoms with Crippen LogP contribution in [0.15, 0.2) is 21.5 Å². The van der Waals surface area contributed by atoms with Gasteiger partial charge in [-0.2, -0.15) is 4.31 Å². The fourth-order valence-electron chi connectivity index (χ4n) is 2.94. The van der Waals surface area contributed by atoms with Crippen LogP contribution in [0.1, 0.15) is 12.8 Å². The van der Waals surface area contributed by atoms with Crippen molar-refractivity contribution in [1.82, 2.24) is 4.31 Å². The summed E-state index contributed by atoms with van der Waals surface area (Å²) < 4.78 is 38.8. The summed E-state index contributed by atoms with van der Waals surface area (Å²) in [5.74, 6) is 0.222. The first kappa shape index (κ1) is 17.9. The lowest BCUT2D eigenvalue weighted by molar-refractivity contribution is -0.0938. The molecule has 0 aromatic heterocycles. The summed E-state index contributed by atoms with van der Waals surface area (Å²) in [7, 11) is -3.72. The Hall–Kier alpha value is 0.110. The van der Waals surface area contributed by atoms with Gasteiger partial charge in [0.05, 0.1) is 23.3 Å². The molecule has 0 N–H and O–H groups in total. The monoisotopic (exact) mass is 443 g/mol. The number of ether oxygens (including phenoxy) is 2. The van der Waals surface area contributed by atoms with E-state index in [-0.39, 0.29) is 27.1 Å². The van der Waals surface area contributed by atoms with Gasteiger partial charge in [0.1, 0.15) is 4.90 Å². The molecule has 0 bridgehead atoms. The highest BCUT2D eigenvalue weighted by atomic mass is 79.9. The van der Waals surface area contributed by atoms with Crippen molar-refractivity contribution in [3.8, 4) is 0 Å². The molecule has 0 unspecified atom stereocenters. The number of sulfonamides is 1. The average Bonchev–Trinajstić information content (AvgIpc) is 3.00. The lowest BCUT2D eigenvalue weighted by Gasteiger charge is -2.33. The molecule has 2 aliphatic rings. The Morgan fingerprint density at radius 2 is 1.61 bits per heavy atom. The Labute approximate surface area is 154 Å². The highest BCUT2D eigenvalue weighted by Gasteiger charge is 2.36. The van der Waals surface area contributed by atoms with Crippen LogP contribution in [-0.4, -0.2) is 45.3 Å². The molecule has 1 aromatic rings. The van der Waals surface area contributed by atoms with Crippen LogP contribution < -0.4 is 0 Å². The lowest BCUT2D eigenvalue weighted by atomic mass is 9.98. The van der Waals surface area contributed by atoms with Gasteiger partial charge < -0.3 is 9.47 Å². The van der Waals surface area contributed by atoms with E-state index in [1.165, 1.54) is 16.4 Å². The van der Waals surface area contributed by atoms with Crippen LogP contribution >= 0.6 is 39.1 Å². The molecule has 2 saturated heterocycles. The van der Waals surface area contributed by atoms with Crippen molar-refractivity contribution in [2.45, 2.75) is 24.0 Å². The van der Waals surface area contributed by atoms with Crippen molar-refractivity contribution in [2.24, 2.45) is 5.92 Å². The predicted molar refractivity (Wildman–Crippen MR) is 91.3 cm³/mol. The van der Waals surface area contributed by atoms with E-state index in [1.807, 2.05) is 0 Å². The van der Waals surface area contributed by atoms with E-state index < -0.39 is 10.0 Å². The van der Waals surface area contributed by atoms with Gasteiger partial charge in [-0.1, -0.05) is 39.1 Å². The highest BCUT2D eigenvalue weighted by molar-refractivity contribution is 9.10. The molecule has 5 nitrogen and oxygen atoms in total. The van der Waals surface area contributed by atoms with Crippen molar-refractivity contribution in [3.05, 3.63) is 26.7 Å². The minimum atomic E-state index is -3.72. The maximum atomic E-state index is 12.8. The summed E-state index contributed by atoms with van der Waals surface area (Å²) >= 11 is 15.5. The number of hydrogen-bond acceptors (Lipinski definition) is 4. The summed E-state index contributed by atoms with van der Waals surface area (Å²) in [4.78, 5) is -0.0316. The van der Waals surface area contributed by atoms with Gasteiger partial charge in [0.2, 0.25) is 10.0 Å². The topological polar surface area (TPSA) is 55.8 Å². The molecular formula is C14H16BrCl2NO4S. The van der Waals surface area contributed by atoms with E-state index in [4.69, 9.17) is 32.7 Å².